The summed E-state index contributed by atoms with van der Waals surface area (Å²) in [6, 6.07) is 11.7. The Bertz CT molecular complexity index is 1450. The average molecular weight is 625 g/mol. The van der Waals surface area contributed by atoms with Crippen LogP contribution in [0.2, 0.25) is 0 Å². The van der Waals surface area contributed by atoms with Gasteiger partial charge in [-0.25, -0.2) is 0 Å². The van der Waals surface area contributed by atoms with E-state index in [2.05, 4.69) is 56.5 Å². The molecule has 0 bridgehead atoms. The molecule has 1 aromatic heterocycles. The number of nitrogens with zero attached hydrogens (tertiary/aromatic N) is 3. The van der Waals surface area contributed by atoms with Gasteiger partial charge in [0.1, 0.15) is 5.75 Å². The van der Waals surface area contributed by atoms with Crippen molar-refractivity contribution < 1.29 is 19.1 Å². The minimum atomic E-state index is -0.453. The van der Waals surface area contributed by atoms with Gasteiger partial charge in [-0.05, 0) is 107 Å². The van der Waals surface area contributed by atoms with E-state index < -0.39 is 5.92 Å². The van der Waals surface area contributed by atoms with E-state index in [4.69, 9.17) is 4.74 Å². The highest BCUT2D eigenvalue weighted by molar-refractivity contribution is 9.10. The van der Waals surface area contributed by atoms with Gasteiger partial charge in [0.15, 0.2) is 0 Å². The summed E-state index contributed by atoms with van der Waals surface area (Å²) in [5.74, 6) is 0.524. The van der Waals surface area contributed by atoms with Gasteiger partial charge in [0.2, 0.25) is 17.7 Å². The third-order valence-electron chi connectivity index (χ3n) is 8.26. The first-order valence-electron chi connectivity index (χ1n) is 14.4. The Labute approximate surface area is 249 Å². The standard InChI is InChI=1S/C31H38BrN5O4/c1-19-16-23(7-10-26(19)32)41-20(2)4-5-21-12-14-37(15-13-21)18-29(39)33-22-6-8-24-27(17-22)36(3)35-30(24)25-9-11-28(38)34-31(25)40/h6-8,10,16-17,20-21,25H,4-5,9,11-15,18H2,1-3H3,(H,33,39)(H,34,38,40)/t20-,25?/m0/s1. The summed E-state index contributed by atoms with van der Waals surface area (Å²) in [7, 11) is 1.82. The summed E-state index contributed by atoms with van der Waals surface area (Å²) in [5.41, 5.74) is 3.36. The van der Waals surface area contributed by atoms with Crippen molar-refractivity contribution in [3.05, 3.63) is 52.1 Å². The maximum absolute atomic E-state index is 12.9. The highest BCUT2D eigenvalue weighted by Gasteiger charge is 2.31. The highest BCUT2D eigenvalue weighted by atomic mass is 79.9. The quantitative estimate of drug-likeness (QED) is 0.323. The van der Waals surface area contributed by atoms with Gasteiger partial charge in [-0.2, -0.15) is 5.10 Å². The SMILES string of the molecule is Cc1cc(O[C@@H](C)CCC2CCN(CC(=O)Nc3ccc4c(C5CCC(=O)NC5=O)nn(C)c4c3)CC2)ccc1Br. The van der Waals surface area contributed by atoms with E-state index in [1.54, 1.807) is 4.68 Å². The second kappa shape index (κ2) is 12.7. The predicted octanol–water partition coefficient (Wildman–Crippen LogP) is 5.06. The van der Waals surface area contributed by atoms with Gasteiger partial charge in [0.25, 0.3) is 0 Å². The molecule has 3 aromatic rings. The first-order valence-corrected chi connectivity index (χ1v) is 15.2. The summed E-state index contributed by atoms with van der Waals surface area (Å²) in [6.45, 7) is 6.39. The van der Waals surface area contributed by atoms with Crippen LogP contribution in [-0.4, -0.2) is 58.1 Å². The zero-order chi connectivity index (χ0) is 29.1. The van der Waals surface area contributed by atoms with E-state index in [1.165, 1.54) is 5.56 Å². The number of likely N-dealkylation sites (tertiary alicyclic amines) is 1. The maximum Gasteiger partial charge on any atom is 0.238 e. The largest absolute Gasteiger partial charge is 0.491 e. The first kappa shape index (κ1) is 29.3. The van der Waals surface area contributed by atoms with Gasteiger partial charge in [-0.3, -0.25) is 29.3 Å². The number of aromatic nitrogens is 2. The van der Waals surface area contributed by atoms with Gasteiger partial charge >= 0.3 is 0 Å². The average Bonchev–Trinajstić information content (AvgIpc) is 3.25. The number of hydrogen-bond donors (Lipinski definition) is 2. The number of aryl methyl sites for hydroxylation is 2. The number of benzene rings is 2. The van der Waals surface area contributed by atoms with Crippen molar-refractivity contribution >= 4 is 50.2 Å². The van der Waals surface area contributed by atoms with E-state index >= 15 is 0 Å². The van der Waals surface area contributed by atoms with Crippen LogP contribution in [0.4, 0.5) is 5.69 Å². The molecule has 2 saturated heterocycles. The topological polar surface area (TPSA) is 106 Å². The molecular formula is C31H38BrN5O4. The Morgan fingerprint density at radius 3 is 2.68 bits per heavy atom. The third kappa shape index (κ3) is 7.16. The van der Waals surface area contributed by atoms with Crippen LogP contribution in [0.1, 0.15) is 62.6 Å². The fourth-order valence-electron chi connectivity index (χ4n) is 5.86. The molecule has 0 spiro atoms. The lowest BCUT2D eigenvalue weighted by atomic mass is 9.91. The predicted molar refractivity (Wildman–Crippen MR) is 162 cm³/mol. The molecule has 2 aliphatic heterocycles. The van der Waals surface area contributed by atoms with E-state index in [1.807, 2.05) is 37.4 Å². The number of amides is 3. The number of imide groups is 1. The Morgan fingerprint density at radius 2 is 1.95 bits per heavy atom. The third-order valence-corrected chi connectivity index (χ3v) is 9.15. The van der Waals surface area contributed by atoms with Crippen molar-refractivity contribution in [2.75, 3.05) is 25.0 Å². The van der Waals surface area contributed by atoms with Crippen molar-refractivity contribution in [2.24, 2.45) is 13.0 Å². The molecule has 5 rings (SSSR count). The summed E-state index contributed by atoms with van der Waals surface area (Å²) in [4.78, 5) is 39.0. The Hall–Kier alpha value is -3.24. The zero-order valence-corrected chi connectivity index (χ0v) is 25.5. The molecule has 3 amide bonds. The fraction of sp³-hybridized carbons (Fsp3) is 0.484. The summed E-state index contributed by atoms with van der Waals surface area (Å²) < 4.78 is 8.94. The Kier molecular flexibility index (Phi) is 9.09. The summed E-state index contributed by atoms with van der Waals surface area (Å²) in [6.07, 6.45) is 5.23. The van der Waals surface area contributed by atoms with Crippen LogP contribution in [0.5, 0.6) is 5.75 Å². The molecule has 41 heavy (non-hydrogen) atoms. The zero-order valence-electron chi connectivity index (χ0n) is 23.9. The number of halogens is 1. The van der Waals surface area contributed by atoms with Gasteiger partial charge < -0.3 is 10.1 Å². The molecule has 0 aliphatic carbocycles. The van der Waals surface area contributed by atoms with Crippen molar-refractivity contribution in [3.63, 3.8) is 0 Å². The second-order valence-electron chi connectivity index (χ2n) is 11.4. The molecule has 9 nitrogen and oxygen atoms in total. The number of anilines is 1. The number of rotatable bonds is 9. The number of carbonyl (C=O) groups is 3. The molecule has 2 N–H and O–H groups in total. The summed E-state index contributed by atoms with van der Waals surface area (Å²) >= 11 is 3.54. The van der Waals surface area contributed by atoms with Crippen LogP contribution in [-0.2, 0) is 21.4 Å². The van der Waals surface area contributed by atoms with Gasteiger partial charge in [-0.1, -0.05) is 15.9 Å². The molecule has 2 aromatic carbocycles. The van der Waals surface area contributed by atoms with Crippen LogP contribution >= 0.6 is 15.9 Å². The molecule has 10 heteroatoms. The number of carbonyl (C=O) groups excluding carboxylic acids is 3. The van der Waals surface area contributed by atoms with Crippen molar-refractivity contribution in [2.45, 2.75) is 64.4 Å². The molecule has 2 fully saturated rings. The smallest absolute Gasteiger partial charge is 0.238 e. The lowest BCUT2D eigenvalue weighted by Gasteiger charge is -2.32. The number of fused-ring (bicyclic) bond motifs is 1. The number of hydrogen-bond acceptors (Lipinski definition) is 6. The molecule has 218 valence electrons. The van der Waals surface area contributed by atoms with E-state index in [0.717, 1.165) is 59.9 Å². The van der Waals surface area contributed by atoms with Crippen molar-refractivity contribution in [1.29, 1.82) is 0 Å². The first-order chi connectivity index (χ1) is 19.7. The van der Waals surface area contributed by atoms with Gasteiger partial charge in [0, 0.05) is 29.0 Å². The van der Waals surface area contributed by atoms with E-state index in [9.17, 15) is 14.4 Å². The van der Waals surface area contributed by atoms with Crippen LogP contribution in [0, 0.1) is 12.8 Å². The number of nitrogens with one attached hydrogen (secondary N) is 2. The Morgan fingerprint density at radius 1 is 1.17 bits per heavy atom. The number of ether oxygens (including phenoxy) is 1. The lowest BCUT2D eigenvalue weighted by molar-refractivity contribution is -0.134. The maximum atomic E-state index is 12.9. The minimum absolute atomic E-state index is 0.0397. The van der Waals surface area contributed by atoms with E-state index in [0.29, 0.717) is 36.7 Å². The second-order valence-corrected chi connectivity index (χ2v) is 12.3. The minimum Gasteiger partial charge on any atom is -0.491 e. The molecule has 1 unspecified atom stereocenters. The monoisotopic (exact) mass is 623 g/mol. The molecule has 0 saturated carbocycles. The normalized spacial score (nSPS) is 19.3. The van der Waals surface area contributed by atoms with Crippen LogP contribution in [0.3, 0.4) is 0 Å². The van der Waals surface area contributed by atoms with Gasteiger partial charge in [-0.15, -0.1) is 0 Å². The summed E-state index contributed by atoms with van der Waals surface area (Å²) in [5, 5.41) is 10.9. The van der Waals surface area contributed by atoms with Crippen LogP contribution in [0.25, 0.3) is 10.9 Å². The molecule has 3 heterocycles. The highest BCUT2D eigenvalue weighted by Crippen LogP contribution is 2.32. The molecule has 2 atom stereocenters. The molecular weight excluding hydrogens is 586 g/mol. The van der Waals surface area contributed by atoms with Crippen molar-refractivity contribution in [3.8, 4) is 5.75 Å². The van der Waals surface area contributed by atoms with Gasteiger partial charge in [0.05, 0.1) is 29.8 Å². The molecule has 2 aliphatic rings. The fourth-order valence-corrected chi connectivity index (χ4v) is 6.11. The lowest BCUT2D eigenvalue weighted by Crippen LogP contribution is -2.39. The van der Waals surface area contributed by atoms with Crippen LogP contribution in [0.15, 0.2) is 40.9 Å². The van der Waals surface area contributed by atoms with Crippen molar-refractivity contribution in [1.82, 2.24) is 20.0 Å². The number of piperidine rings is 2. The van der Waals surface area contributed by atoms with E-state index in [-0.39, 0.29) is 23.8 Å². The Balaban J connectivity index is 1.08. The molecule has 0 radical (unpaired) electrons. The van der Waals surface area contributed by atoms with Crippen LogP contribution < -0.4 is 15.4 Å².